The topological polar surface area (TPSA) is 46.2 Å². The van der Waals surface area contributed by atoms with E-state index in [1.807, 2.05) is 25.4 Å². The van der Waals surface area contributed by atoms with Gasteiger partial charge in [0.1, 0.15) is 11.3 Å². The molecular weight excluding hydrogens is 238 g/mol. The van der Waals surface area contributed by atoms with Gasteiger partial charge in [0.15, 0.2) is 0 Å². The Bertz CT molecular complexity index is 554. The summed E-state index contributed by atoms with van der Waals surface area (Å²) in [6, 6.07) is 6.06. The largest absolute Gasteiger partial charge is 0.494 e. The molecule has 1 aromatic heterocycles. The molecule has 1 heterocycles. The van der Waals surface area contributed by atoms with E-state index in [2.05, 4.69) is 28.6 Å². The number of benzene rings is 1. The zero-order valence-electron chi connectivity index (χ0n) is 11.8. The Hall–Kier alpha value is -1.81. The minimum Gasteiger partial charge on any atom is -0.494 e. The second kappa shape index (κ2) is 6.38. The minimum atomic E-state index is 0.819. The Balaban J connectivity index is 2.33. The molecular formula is C15H21N3O. The van der Waals surface area contributed by atoms with E-state index >= 15 is 0 Å². The number of hydrogen-bond acceptors (Lipinski definition) is 4. The molecule has 0 radical (unpaired) electrons. The summed E-state index contributed by atoms with van der Waals surface area (Å²) < 4.78 is 5.38. The number of fused-ring (bicyclic) bond motifs is 1. The summed E-state index contributed by atoms with van der Waals surface area (Å²) in [7, 11) is 3.65. The van der Waals surface area contributed by atoms with Crippen molar-refractivity contribution in [3.05, 3.63) is 30.0 Å². The fourth-order valence-corrected chi connectivity index (χ4v) is 2.21. The number of pyridine rings is 1. The Labute approximate surface area is 114 Å². The van der Waals surface area contributed by atoms with Crippen LogP contribution in [0.5, 0.6) is 5.75 Å². The number of aryl methyl sites for hydroxylation is 1. The number of ether oxygens (including phenoxy) is 1. The summed E-state index contributed by atoms with van der Waals surface area (Å²) in [4.78, 5) is 4.44. The first-order valence-electron chi connectivity index (χ1n) is 6.58. The van der Waals surface area contributed by atoms with Crippen LogP contribution in [0.4, 0.5) is 5.69 Å². The van der Waals surface area contributed by atoms with Gasteiger partial charge in [-0.25, -0.2) is 0 Å². The van der Waals surface area contributed by atoms with Gasteiger partial charge in [0.05, 0.1) is 7.11 Å². The summed E-state index contributed by atoms with van der Waals surface area (Å²) in [6.45, 7) is 4.05. The molecule has 0 aliphatic heterocycles. The molecule has 2 N–H and O–H groups in total. The standard InChI is InChI=1S/C15H21N3O/c1-11-5-6-13(19-3)15-14(11)12(7-10-18-15)17-9-4-8-16-2/h5-7,10,16H,4,8-9H2,1-3H3,(H,17,18). The van der Waals surface area contributed by atoms with Crippen LogP contribution in [-0.2, 0) is 0 Å². The Kier molecular flexibility index (Phi) is 4.58. The summed E-state index contributed by atoms with van der Waals surface area (Å²) in [5, 5.41) is 7.77. The van der Waals surface area contributed by atoms with E-state index in [1.165, 1.54) is 5.56 Å². The van der Waals surface area contributed by atoms with Crippen LogP contribution in [0.25, 0.3) is 10.9 Å². The lowest BCUT2D eigenvalue weighted by Crippen LogP contribution is -2.13. The van der Waals surface area contributed by atoms with Crippen molar-refractivity contribution in [3.63, 3.8) is 0 Å². The molecule has 0 saturated heterocycles. The average molecular weight is 259 g/mol. The Morgan fingerprint density at radius 2 is 2.05 bits per heavy atom. The van der Waals surface area contributed by atoms with Gasteiger partial charge in [-0.3, -0.25) is 4.98 Å². The maximum absolute atomic E-state index is 5.38. The fraction of sp³-hybridized carbons (Fsp3) is 0.400. The van der Waals surface area contributed by atoms with Gasteiger partial charge in [-0.05, 0) is 44.6 Å². The molecule has 0 saturated carbocycles. The molecule has 4 heteroatoms. The molecule has 0 aliphatic carbocycles. The lowest BCUT2D eigenvalue weighted by Gasteiger charge is -2.13. The maximum atomic E-state index is 5.38. The van der Waals surface area contributed by atoms with Gasteiger partial charge in [-0.1, -0.05) is 6.07 Å². The molecule has 0 spiro atoms. The van der Waals surface area contributed by atoms with Crippen molar-refractivity contribution in [2.45, 2.75) is 13.3 Å². The first-order valence-corrected chi connectivity index (χ1v) is 6.58. The molecule has 0 aliphatic rings. The van der Waals surface area contributed by atoms with Crippen molar-refractivity contribution in [2.24, 2.45) is 0 Å². The number of methoxy groups -OCH3 is 1. The molecule has 0 amide bonds. The third-order valence-electron chi connectivity index (χ3n) is 3.20. The summed E-state index contributed by atoms with van der Waals surface area (Å²) >= 11 is 0. The van der Waals surface area contributed by atoms with E-state index in [1.54, 1.807) is 7.11 Å². The molecule has 2 aromatic rings. The lowest BCUT2D eigenvalue weighted by molar-refractivity contribution is 0.419. The number of anilines is 1. The third-order valence-corrected chi connectivity index (χ3v) is 3.20. The number of nitrogens with zero attached hydrogens (tertiary/aromatic N) is 1. The minimum absolute atomic E-state index is 0.819. The molecule has 0 atom stereocenters. The highest BCUT2D eigenvalue weighted by Gasteiger charge is 2.09. The van der Waals surface area contributed by atoms with Crippen LogP contribution in [0.15, 0.2) is 24.4 Å². The second-order valence-corrected chi connectivity index (χ2v) is 4.55. The van der Waals surface area contributed by atoms with Crippen molar-refractivity contribution in [3.8, 4) is 5.75 Å². The van der Waals surface area contributed by atoms with Gasteiger partial charge in [0, 0.05) is 23.8 Å². The quantitative estimate of drug-likeness (QED) is 0.783. The van der Waals surface area contributed by atoms with Crippen LogP contribution in [0.2, 0.25) is 0 Å². The van der Waals surface area contributed by atoms with Crippen LogP contribution >= 0.6 is 0 Å². The summed E-state index contributed by atoms with van der Waals surface area (Å²) in [5.74, 6) is 0.819. The molecule has 102 valence electrons. The number of rotatable bonds is 6. The smallest absolute Gasteiger partial charge is 0.145 e. The summed E-state index contributed by atoms with van der Waals surface area (Å²) in [6.07, 6.45) is 2.91. The molecule has 4 nitrogen and oxygen atoms in total. The highest BCUT2D eigenvalue weighted by Crippen LogP contribution is 2.31. The second-order valence-electron chi connectivity index (χ2n) is 4.55. The zero-order valence-corrected chi connectivity index (χ0v) is 11.8. The van der Waals surface area contributed by atoms with Gasteiger partial charge in [-0.15, -0.1) is 0 Å². The van der Waals surface area contributed by atoms with E-state index in [0.717, 1.165) is 41.9 Å². The third kappa shape index (κ3) is 2.96. The molecule has 19 heavy (non-hydrogen) atoms. The molecule has 0 fully saturated rings. The van der Waals surface area contributed by atoms with Crippen LogP contribution in [0.3, 0.4) is 0 Å². The number of hydrogen-bond donors (Lipinski definition) is 2. The Morgan fingerprint density at radius 3 is 2.79 bits per heavy atom. The SMILES string of the molecule is CNCCCNc1ccnc2c(OC)ccc(C)c12. The highest BCUT2D eigenvalue weighted by molar-refractivity contribution is 5.97. The maximum Gasteiger partial charge on any atom is 0.145 e. The Morgan fingerprint density at radius 1 is 1.21 bits per heavy atom. The molecule has 1 aromatic carbocycles. The highest BCUT2D eigenvalue weighted by atomic mass is 16.5. The van der Waals surface area contributed by atoms with Crippen LogP contribution in [-0.4, -0.2) is 32.2 Å². The van der Waals surface area contributed by atoms with Crippen molar-refractivity contribution in [1.29, 1.82) is 0 Å². The average Bonchev–Trinajstić information content (AvgIpc) is 2.44. The van der Waals surface area contributed by atoms with Crippen molar-refractivity contribution >= 4 is 16.6 Å². The normalized spacial score (nSPS) is 10.7. The number of nitrogens with one attached hydrogen (secondary N) is 2. The molecule has 0 bridgehead atoms. The summed E-state index contributed by atoms with van der Waals surface area (Å²) in [5.41, 5.74) is 3.25. The van der Waals surface area contributed by atoms with Crippen LogP contribution in [0.1, 0.15) is 12.0 Å². The van der Waals surface area contributed by atoms with Crippen molar-refractivity contribution in [2.75, 3.05) is 32.6 Å². The first kappa shape index (κ1) is 13.6. The van der Waals surface area contributed by atoms with E-state index in [-0.39, 0.29) is 0 Å². The molecule has 2 rings (SSSR count). The van der Waals surface area contributed by atoms with Gasteiger partial charge in [0.2, 0.25) is 0 Å². The van der Waals surface area contributed by atoms with E-state index in [9.17, 15) is 0 Å². The van der Waals surface area contributed by atoms with Crippen LogP contribution in [0, 0.1) is 6.92 Å². The van der Waals surface area contributed by atoms with E-state index < -0.39 is 0 Å². The lowest BCUT2D eigenvalue weighted by atomic mass is 10.1. The predicted molar refractivity (Wildman–Crippen MR) is 80.1 cm³/mol. The van der Waals surface area contributed by atoms with Crippen LogP contribution < -0.4 is 15.4 Å². The van der Waals surface area contributed by atoms with Crippen molar-refractivity contribution in [1.82, 2.24) is 10.3 Å². The van der Waals surface area contributed by atoms with Gasteiger partial charge in [-0.2, -0.15) is 0 Å². The van der Waals surface area contributed by atoms with E-state index in [4.69, 9.17) is 4.74 Å². The first-order chi connectivity index (χ1) is 9.27. The van der Waals surface area contributed by atoms with Gasteiger partial charge >= 0.3 is 0 Å². The zero-order chi connectivity index (χ0) is 13.7. The predicted octanol–water partition coefficient (Wildman–Crippen LogP) is 2.57. The van der Waals surface area contributed by atoms with Gasteiger partial charge in [0.25, 0.3) is 0 Å². The molecule has 0 unspecified atom stereocenters. The van der Waals surface area contributed by atoms with E-state index in [0.29, 0.717) is 0 Å². The number of aromatic nitrogens is 1. The fourth-order valence-electron chi connectivity index (χ4n) is 2.21. The monoisotopic (exact) mass is 259 g/mol. The van der Waals surface area contributed by atoms with Gasteiger partial charge < -0.3 is 15.4 Å². The van der Waals surface area contributed by atoms with Crippen molar-refractivity contribution < 1.29 is 4.74 Å².